The molecule has 1 aliphatic rings. The third-order valence-electron chi connectivity index (χ3n) is 4.29. The first kappa shape index (κ1) is 12.3. The van der Waals surface area contributed by atoms with Crippen molar-refractivity contribution < 1.29 is 9.21 Å². The van der Waals surface area contributed by atoms with Crippen molar-refractivity contribution in [1.29, 1.82) is 0 Å². The number of fused-ring (bicyclic) bond motifs is 1. The van der Waals surface area contributed by atoms with Gasteiger partial charge in [0.25, 0.3) is 0 Å². The molecule has 2 heterocycles. The van der Waals surface area contributed by atoms with Crippen LogP contribution in [0.5, 0.6) is 0 Å². The number of rotatable bonds is 4. The van der Waals surface area contributed by atoms with E-state index in [1.165, 1.54) is 0 Å². The number of carbonyl (C=O) groups excluding carboxylic acids is 1. The number of furan rings is 1. The van der Waals surface area contributed by atoms with Crippen molar-refractivity contribution in [2.75, 3.05) is 0 Å². The van der Waals surface area contributed by atoms with Gasteiger partial charge in [0.05, 0.1) is 18.2 Å². The zero-order valence-corrected chi connectivity index (χ0v) is 11.6. The summed E-state index contributed by atoms with van der Waals surface area (Å²) in [5.41, 5.74) is 1.82. The molecule has 0 spiro atoms. The number of nitrogens with one attached hydrogen (secondary N) is 2. The van der Waals surface area contributed by atoms with Gasteiger partial charge < -0.3 is 14.7 Å². The number of hydrogen-bond donors (Lipinski definition) is 2. The number of carbonyl (C=O) groups is 1. The van der Waals surface area contributed by atoms with E-state index in [9.17, 15) is 4.79 Å². The van der Waals surface area contributed by atoms with Crippen LogP contribution in [0.1, 0.15) is 24.2 Å². The molecule has 0 bridgehead atoms. The number of para-hydroxylation sites is 1. The zero-order valence-electron chi connectivity index (χ0n) is 11.6. The van der Waals surface area contributed by atoms with E-state index in [0.29, 0.717) is 6.54 Å². The van der Waals surface area contributed by atoms with Crippen molar-refractivity contribution in [2.24, 2.45) is 0 Å². The highest BCUT2D eigenvalue weighted by Gasteiger charge is 2.52. The molecule has 1 aromatic carbocycles. The fourth-order valence-electron chi connectivity index (χ4n) is 2.96. The quantitative estimate of drug-likeness (QED) is 0.771. The maximum absolute atomic E-state index is 12.6. The van der Waals surface area contributed by atoms with Gasteiger partial charge in [-0.3, -0.25) is 4.79 Å². The Balaban J connectivity index is 1.60. The molecular formula is C17H16N2O2. The molecule has 21 heavy (non-hydrogen) atoms. The Kier molecular flexibility index (Phi) is 2.64. The van der Waals surface area contributed by atoms with E-state index in [1.54, 1.807) is 6.26 Å². The summed E-state index contributed by atoms with van der Waals surface area (Å²) in [6.07, 6.45) is 5.40. The van der Waals surface area contributed by atoms with Gasteiger partial charge in [-0.15, -0.1) is 0 Å². The van der Waals surface area contributed by atoms with Gasteiger partial charge in [0.2, 0.25) is 5.91 Å². The molecule has 1 aliphatic carbocycles. The van der Waals surface area contributed by atoms with Crippen molar-refractivity contribution in [3.05, 3.63) is 60.2 Å². The summed E-state index contributed by atoms with van der Waals surface area (Å²) >= 11 is 0. The van der Waals surface area contributed by atoms with Crippen LogP contribution in [0, 0.1) is 0 Å². The minimum atomic E-state index is -0.369. The molecule has 0 saturated heterocycles. The summed E-state index contributed by atoms with van der Waals surface area (Å²) in [5.74, 6) is 0.863. The maximum atomic E-state index is 12.6. The molecule has 0 unspecified atom stereocenters. The molecule has 4 nitrogen and oxygen atoms in total. The topological polar surface area (TPSA) is 58.0 Å². The van der Waals surface area contributed by atoms with Crippen LogP contribution < -0.4 is 5.32 Å². The molecule has 0 atom stereocenters. The molecule has 4 heteroatoms. The van der Waals surface area contributed by atoms with Crippen LogP contribution in [0.2, 0.25) is 0 Å². The van der Waals surface area contributed by atoms with Crippen LogP contribution in [0.25, 0.3) is 10.9 Å². The minimum Gasteiger partial charge on any atom is -0.467 e. The van der Waals surface area contributed by atoms with Gasteiger partial charge in [-0.1, -0.05) is 18.2 Å². The van der Waals surface area contributed by atoms with Crippen LogP contribution in [-0.2, 0) is 16.8 Å². The summed E-state index contributed by atoms with van der Waals surface area (Å²) in [6.45, 7) is 0.440. The van der Waals surface area contributed by atoms with Crippen molar-refractivity contribution in [3.63, 3.8) is 0 Å². The number of benzene rings is 1. The van der Waals surface area contributed by atoms with Gasteiger partial charge in [0.15, 0.2) is 0 Å². The van der Waals surface area contributed by atoms with E-state index in [4.69, 9.17) is 4.42 Å². The van der Waals surface area contributed by atoms with Crippen LogP contribution in [-0.4, -0.2) is 10.9 Å². The molecule has 2 aromatic heterocycles. The van der Waals surface area contributed by atoms with Gasteiger partial charge in [0, 0.05) is 17.1 Å². The van der Waals surface area contributed by atoms with Gasteiger partial charge in [-0.2, -0.15) is 0 Å². The van der Waals surface area contributed by atoms with E-state index >= 15 is 0 Å². The van der Waals surface area contributed by atoms with Crippen molar-refractivity contribution in [2.45, 2.75) is 24.8 Å². The van der Waals surface area contributed by atoms with Crippen molar-refractivity contribution in [1.82, 2.24) is 10.3 Å². The van der Waals surface area contributed by atoms with E-state index in [1.807, 2.05) is 36.5 Å². The highest BCUT2D eigenvalue weighted by Crippen LogP contribution is 2.50. The predicted octanol–water partition coefficient (Wildman–Crippen LogP) is 3.11. The Hall–Kier alpha value is -2.49. The summed E-state index contributed by atoms with van der Waals surface area (Å²) < 4.78 is 5.26. The van der Waals surface area contributed by atoms with Crippen molar-refractivity contribution in [3.8, 4) is 0 Å². The average Bonchev–Trinajstić information content (AvgIpc) is 2.98. The summed E-state index contributed by atoms with van der Waals surface area (Å²) in [5, 5.41) is 4.14. The first-order chi connectivity index (χ1) is 10.3. The Morgan fingerprint density at radius 1 is 1.24 bits per heavy atom. The fraction of sp³-hybridized carbons (Fsp3) is 0.235. The van der Waals surface area contributed by atoms with Gasteiger partial charge in [0.1, 0.15) is 5.76 Å². The van der Waals surface area contributed by atoms with E-state index in [0.717, 1.165) is 35.1 Å². The second-order valence-corrected chi connectivity index (χ2v) is 5.59. The third-order valence-corrected chi connectivity index (χ3v) is 4.29. The minimum absolute atomic E-state index is 0.0867. The Morgan fingerprint density at radius 3 is 2.86 bits per heavy atom. The lowest BCUT2D eigenvalue weighted by Gasteiger charge is -2.14. The Morgan fingerprint density at radius 2 is 2.10 bits per heavy atom. The predicted molar refractivity (Wildman–Crippen MR) is 79.8 cm³/mol. The monoisotopic (exact) mass is 280 g/mol. The Labute approximate surface area is 122 Å². The smallest absolute Gasteiger partial charge is 0.231 e. The average molecular weight is 280 g/mol. The van der Waals surface area contributed by atoms with Crippen LogP contribution >= 0.6 is 0 Å². The fourth-order valence-corrected chi connectivity index (χ4v) is 2.96. The Bertz CT molecular complexity index is 782. The molecular weight excluding hydrogens is 264 g/mol. The summed E-state index contributed by atoms with van der Waals surface area (Å²) in [7, 11) is 0. The second kappa shape index (κ2) is 4.52. The highest BCUT2D eigenvalue weighted by molar-refractivity contribution is 5.97. The normalized spacial score (nSPS) is 16.0. The van der Waals surface area contributed by atoms with Crippen LogP contribution in [0.15, 0.2) is 53.3 Å². The molecule has 1 saturated carbocycles. The first-order valence-corrected chi connectivity index (χ1v) is 7.17. The molecule has 1 fully saturated rings. The van der Waals surface area contributed by atoms with E-state index < -0.39 is 0 Å². The lowest BCUT2D eigenvalue weighted by atomic mass is 9.94. The second-order valence-electron chi connectivity index (χ2n) is 5.59. The van der Waals surface area contributed by atoms with Crippen molar-refractivity contribution >= 4 is 16.8 Å². The number of hydrogen-bond acceptors (Lipinski definition) is 2. The molecule has 2 N–H and O–H groups in total. The van der Waals surface area contributed by atoms with Crippen LogP contribution in [0.4, 0.5) is 0 Å². The molecule has 0 aliphatic heterocycles. The van der Waals surface area contributed by atoms with Gasteiger partial charge >= 0.3 is 0 Å². The zero-order chi connectivity index (χ0) is 14.3. The SMILES string of the molecule is O=C(NCc1ccco1)C1(c2c[nH]c3ccccc23)CC1. The number of H-pyrrole nitrogens is 1. The maximum Gasteiger partial charge on any atom is 0.231 e. The standard InChI is InChI=1S/C17H16N2O2/c20-16(19-10-12-4-3-9-21-12)17(7-8-17)14-11-18-15-6-2-1-5-13(14)15/h1-6,9,11,18H,7-8,10H2,(H,19,20). The highest BCUT2D eigenvalue weighted by atomic mass is 16.3. The molecule has 3 aromatic rings. The molecule has 4 rings (SSSR count). The molecule has 0 radical (unpaired) electrons. The van der Waals surface area contributed by atoms with Gasteiger partial charge in [-0.05, 0) is 36.6 Å². The number of aromatic nitrogens is 1. The first-order valence-electron chi connectivity index (χ1n) is 7.17. The number of amides is 1. The van der Waals surface area contributed by atoms with Gasteiger partial charge in [-0.25, -0.2) is 0 Å². The largest absolute Gasteiger partial charge is 0.467 e. The lowest BCUT2D eigenvalue weighted by Crippen LogP contribution is -2.34. The van der Waals surface area contributed by atoms with E-state index in [-0.39, 0.29) is 11.3 Å². The summed E-state index contributed by atoms with van der Waals surface area (Å²) in [6, 6.07) is 11.8. The molecule has 1 amide bonds. The molecule has 106 valence electrons. The lowest BCUT2D eigenvalue weighted by molar-refractivity contribution is -0.123. The third kappa shape index (κ3) is 1.95. The van der Waals surface area contributed by atoms with Crippen LogP contribution in [0.3, 0.4) is 0 Å². The number of aromatic amines is 1. The summed E-state index contributed by atoms with van der Waals surface area (Å²) in [4.78, 5) is 15.9. The van der Waals surface area contributed by atoms with E-state index in [2.05, 4.69) is 16.4 Å².